The number of allylic oxidation sites excluding steroid dienone is 1. The van der Waals surface area contributed by atoms with Crippen LogP contribution in [0.3, 0.4) is 0 Å². The van der Waals surface area contributed by atoms with Crippen molar-refractivity contribution < 1.29 is 23.8 Å². The number of carbonyl (C=O) groups excluding carboxylic acids is 1. The Hall–Kier alpha value is -2.60. The van der Waals surface area contributed by atoms with Crippen molar-refractivity contribution in [2.45, 2.75) is 45.5 Å². The van der Waals surface area contributed by atoms with E-state index in [1.807, 2.05) is 0 Å². The normalized spacial score (nSPS) is 22.2. The highest BCUT2D eigenvalue weighted by Gasteiger charge is 2.47. The average Bonchev–Trinajstić information content (AvgIpc) is 2.56. The molecule has 0 saturated heterocycles. The van der Waals surface area contributed by atoms with Crippen molar-refractivity contribution in [2.24, 2.45) is 0 Å². The number of rotatable bonds is 2. The van der Waals surface area contributed by atoms with E-state index in [9.17, 15) is 14.7 Å². The number of aliphatic hydroxyl groups excluding tert-OH is 1. The lowest BCUT2D eigenvalue weighted by Gasteiger charge is -2.42. The lowest BCUT2D eigenvalue weighted by molar-refractivity contribution is -0.173. The molecule has 0 bridgehead atoms. The maximum Gasteiger partial charge on any atom is 0.336 e. The third kappa shape index (κ3) is 2.93. The molecule has 1 aromatic carbocycles. The third-order valence-electron chi connectivity index (χ3n) is 4.42. The van der Waals surface area contributed by atoms with E-state index in [-0.39, 0.29) is 5.58 Å². The fourth-order valence-electron chi connectivity index (χ4n) is 2.91. The van der Waals surface area contributed by atoms with Crippen LogP contribution < -0.4 is 10.4 Å². The predicted molar refractivity (Wildman–Crippen MR) is 91.5 cm³/mol. The molecule has 1 aliphatic rings. The number of hydrogen-bond donors (Lipinski definition) is 1. The maximum atomic E-state index is 12.2. The van der Waals surface area contributed by atoms with Crippen molar-refractivity contribution in [1.29, 1.82) is 0 Å². The first-order valence-electron chi connectivity index (χ1n) is 8.02. The molecule has 6 nitrogen and oxygen atoms in total. The van der Waals surface area contributed by atoms with Gasteiger partial charge >= 0.3 is 11.6 Å². The Balaban J connectivity index is 2.12. The molecule has 0 amide bonds. The van der Waals surface area contributed by atoms with Crippen molar-refractivity contribution in [1.82, 2.24) is 0 Å². The second-order valence-corrected chi connectivity index (χ2v) is 6.60. The van der Waals surface area contributed by atoms with Gasteiger partial charge in [-0.15, -0.1) is 0 Å². The number of carbonyl (C=O) groups is 1. The summed E-state index contributed by atoms with van der Waals surface area (Å²) in [7, 11) is 0. The summed E-state index contributed by atoms with van der Waals surface area (Å²) in [6, 6.07) is 6.37. The maximum absolute atomic E-state index is 12.2. The summed E-state index contributed by atoms with van der Waals surface area (Å²) >= 11 is 0. The van der Waals surface area contributed by atoms with Crippen molar-refractivity contribution in [2.75, 3.05) is 0 Å². The zero-order valence-electron chi connectivity index (χ0n) is 14.5. The molecule has 2 heterocycles. The van der Waals surface area contributed by atoms with Crippen LogP contribution >= 0.6 is 0 Å². The number of ether oxygens (including phenoxy) is 2. The van der Waals surface area contributed by atoms with Gasteiger partial charge in [0.05, 0.1) is 5.56 Å². The molecule has 0 aliphatic carbocycles. The summed E-state index contributed by atoms with van der Waals surface area (Å²) in [5.41, 5.74) is -0.518. The summed E-state index contributed by atoms with van der Waals surface area (Å²) in [6.07, 6.45) is -0.520. The van der Waals surface area contributed by atoms with E-state index in [4.69, 9.17) is 13.9 Å². The van der Waals surface area contributed by atoms with Crippen LogP contribution in [0.1, 0.15) is 39.4 Å². The number of benzene rings is 1. The van der Waals surface area contributed by atoms with E-state index in [1.54, 1.807) is 52.0 Å². The first-order valence-corrected chi connectivity index (χ1v) is 8.02. The number of hydrogen-bond acceptors (Lipinski definition) is 6. The van der Waals surface area contributed by atoms with E-state index >= 15 is 0 Å². The van der Waals surface area contributed by atoms with Crippen LogP contribution in [0, 0.1) is 0 Å². The number of fused-ring (bicyclic) bond motifs is 3. The van der Waals surface area contributed by atoms with Crippen molar-refractivity contribution >= 4 is 16.9 Å². The Morgan fingerprint density at radius 2 is 1.96 bits per heavy atom. The van der Waals surface area contributed by atoms with Gasteiger partial charge in [0.25, 0.3) is 0 Å². The van der Waals surface area contributed by atoms with Crippen LogP contribution in [0.25, 0.3) is 11.0 Å². The van der Waals surface area contributed by atoms with Gasteiger partial charge in [-0.2, -0.15) is 0 Å². The van der Waals surface area contributed by atoms with Gasteiger partial charge in [-0.05, 0) is 45.9 Å². The molecule has 1 N–H and O–H groups in total. The van der Waals surface area contributed by atoms with Crippen LogP contribution in [0.2, 0.25) is 0 Å². The highest BCUT2D eigenvalue weighted by Crippen LogP contribution is 2.44. The van der Waals surface area contributed by atoms with E-state index in [0.717, 1.165) is 0 Å². The molecule has 132 valence electrons. The fourth-order valence-corrected chi connectivity index (χ4v) is 2.91. The molecule has 0 spiro atoms. The zero-order chi connectivity index (χ0) is 18.4. The molecule has 25 heavy (non-hydrogen) atoms. The Morgan fingerprint density at radius 1 is 1.28 bits per heavy atom. The molecule has 1 aromatic heterocycles. The molecule has 0 unspecified atom stereocenters. The van der Waals surface area contributed by atoms with E-state index in [0.29, 0.717) is 22.3 Å². The SMILES string of the molecule is C/C=C(/C)C(=O)O[C@@H]1[C@@H](O)c2c(ccc3ccc(=O)oc23)OC1(C)C. The minimum Gasteiger partial charge on any atom is -0.483 e. The smallest absolute Gasteiger partial charge is 0.336 e. The van der Waals surface area contributed by atoms with Gasteiger partial charge in [-0.3, -0.25) is 0 Å². The van der Waals surface area contributed by atoms with Crippen LogP contribution in [-0.4, -0.2) is 22.8 Å². The lowest BCUT2D eigenvalue weighted by atomic mass is 9.87. The molecular formula is C19H20O6. The van der Waals surface area contributed by atoms with Gasteiger partial charge < -0.3 is 19.0 Å². The third-order valence-corrected chi connectivity index (χ3v) is 4.42. The molecule has 0 radical (unpaired) electrons. The minimum atomic E-state index is -1.19. The van der Waals surface area contributed by atoms with Crippen molar-refractivity contribution in [3.8, 4) is 5.75 Å². The monoisotopic (exact) mass is 344 g/mol. The van der Waals surface area contributed by atoms with Crippen LogP contribution in [-0.2, 0) is 9.53 Å². The second kappa shape index (κ2) is 6.04. The fraction of sp³-hybridized carbons (Fsp3) is 0.368. The standard InChI is InChI=1S/C19H20O6/c1-5-10(2)18(22)24-17-15(21)14-12(25-19(17,3)4)8-6-11-7-9-13(20)23-16(11)14/h5-9,15,17,21H,1-4H3/b10-5-/t15-,17+/m0/s1. The van der Waals surface area contributed by atoms with Gasteiger partial charge in [0.2, 0.25) is 0 Å². The molecule has 2 aromatic rings. The summed E-state index contributed by atoms with van der Waals surface area (Å²) < 4.78 is 16.7. The van der Waals surface area contributed by atoms with Gasteiger partial charge in [-0.1, -0.05) is 6.08 Å². The van der Waals surface area contributed by atoms with E-state index < -0.39 is 29.4 Å². The highest BCUT2D eigenvalue weighted by molar-refractivity contribution is 5.88. The van der Waals surface area contributed by atoms with E-state index in [1.165, 1.54) is 6.07 Å². The summed E-state index contributed by atoms with van der Waals surface area (Å²) in [4.78, 5) is 23.8. The Labute approximate surface area is 144 Å². The van der Waals surface area contributed by atoms with Crippen LogP contribution in [0.4, 0.5) is 0 Å². The first kappa shape index (κ1) is 17.2. The number of aliphatic hydroxyl groups is 1. The first-order chi connectivity index (χ1) is 11.7. The van der Waals surface area contributed by atoms with Crippen molar-refractivity contribution in [3.05, 3.63) is 51.9 Å². The topological polar surface area (TPSA) is 86.0 Å². The molecule has 0 saturated carbocycles. The average molecular weight is 344 g/mol. The Kier molecular flexibility index (Phi) is 4.16. The van der Waals surface area contributed by atoms with E-state index in [2.05, 4.69) is 0 Å². The predicted octanol–water partition coefficient (Wildman–Crippen LogP) is 2.88. The largest absolute Gasteiger partial charge is 0.483 e. The molecule has 6 heteroatoms. The summed E-state index contributed by atoms with van der Waals surface area (Å²) in [5, 5.41) is 11.6. The quantitative estimate of drug-likeness (QED) is 0.512. The molecule has 3 rings (SSSR count). The number of esters is 1. The van der Waals surface area contributed by atoms with Crippen molar-refractivity contribution in [3.63, 3.8) is 0 Å². The minimum absolute atomic E-state index is 0.233. The molecule has 0 fully saturated rings. The zero-order valence-corrected chi connectivity index (χ0v) is 14.5. The molecular weight excluding hydrogens is 324 g/mol. The molecule has 2 atom stereocenters. The molecule has 1 aliphatic heterocycles. The Morgan fingerprint density at radius 3 is 2.64 bits per heavy atom. The van der Waals surface area contributed by atoms with Gasteiger partial charge in [0.1, 0.15) is 23.0 Å². The van der Waals surface area contributed by atoms with Crippen LogP contribution in [0.15, 0.2) is 45.1 Å². The summed E-state index contributed by atoms with van der Waals surface area (Å²) in [5.74, 6) is -0.136. The summed E-state index contributed by atoms with van der Waals surface area (Å²) in [6.45, 7) is 6.82. The highest BCUT2D eigenvalue weighted by atomic mass is 16.6. The van der Waals surface area contributed by atoms with Gasteiger partial charge in [0, 0.05) is 17.0 Å². The lowest BCUT2D eigenvalue weighted by Crippen LogP contribution is -2.51. The van der Waals surface area contributed by atoms with Gasteiger partial charge in [-0.25, -0.2) is 9.59 Å². The van der Waals surface area contributed by atoms with Gasteiger partial charge in [0.15, 0.2) is 6.10 Å². The van der Waals surface area contributed by atoms with Crippen LogP contribution in [0.5, 0.6) is 5.75 Å². The Bertz CT molecular complexity index is 921. The second-order valence-electron chi connectivity index (χ2n) is 6.60.